The molecule has 19 heavy (non-hydrogen) atoms. The molecule has 3 heterocycles. The summed E-state index contributed by atoms with van der Waals surface area (Å²) in [6.45, 7) is 3.94. The van der Waals surface area contributed by atoms with Gasteiger partial charge in [0.25, 0.3) is 5.91 Å². The Morgan fingerprint density at radius 2 is 2.42 bits per heavy atom. The number of hydrogen-bond acceptors (Lipinski definition) is 4. The van der Waals surface area contributed by atoms with Crippen molar-refractivity contribution >= 4 is 17.2 Å². The van der Waals surface area contributed by atoms with Gasteiger partial charge in [-0.05, 0) is 25.8 Å². The number of methoxy groups -OCH3 is 1. The normalized spacial score (nSPS) is 26.9. The van der Waals surface area contributed by atoms with Crippen molar-refractivity contribution in [2.75, 3.05) is 33.3 Å². The second-order valence-corrected chi connectivity index (χ2v) is 6.52. The molecule has 5 heteroatoms. The monoisotopic (exact) mass is 280 g/mol. The van der Waals surface area contributed by atoms with Gasteiger partial charge in [0.2, 0.25) is 0 Å². The van der Waals surface area contributed by atoms with Crippen LogP contribution < -0.4 is 10.1 Å². The molecule has 1 N–H and O–H groups in total. The van der Waals surface area contributed by atoms with E-state index in [9.17, 15) is 4.79 Å². The second kappa shape index (κ2) is 5.13. The molecule has 1 amide bonds. The minimum absolute atomic E-state index is 0.166. The summed E-state index contributed by atoms with van der Waals surface area (Å²) in [5.41, 5.74) is 0.329. The number of ether oxygens (including phenoxy) is 1. The van der Waals surface area contributed by atoms with Crippen molar-refractivity contribution in [2.45, 2.75) is 19.3 Å². The van der Waals surface area contributed by atoms with Crippen LogP contribution in [-0.2, 0) is 0 Å². The van der Waals surface area contributed by atoms with Crippen LogP contribution in [0.1, 0.15) is 28.9 Å². The Hall–Kier alpha value is -1.07. The predicted octanol–water partition coefficient (Wildman–Crippen LogP) is 1.97. The molecule has 0 aliphatic carbocycles. The van der Waals surface area contributed by atoms with E-state index in [1.54, 1.807) is 7.11 Å². The van der Waals surface area contributed by atoms with Crippen molar-refractivity contribution in [1.82, 2.24) is 10.2 Å². The molecule has 0 saturated carbocycles. The summed E-state index contributed by atoms with van der Waals surface area (Å²) in [6, 6.07) is 1.85. The van der Waals surface area contributed by atoms with E-state index in [0.717, 1.165) is 43.2 Å². The molecule has 2 saturated heterocycles. The Labute approximate surface area is 117 Å². The molecule has 0 aromatic carbocycles. The lowest BCUT2D eigenvalue weighted by atomic mass is 9.79. The van der Waals surface area contributed by atoms with E-state index in [2.05, 4.69) is 5.32 Å². The minimum Gasteiger partial charge on any atom is -0.496 e. The zero-order valence-electron chi connectivity index (χ0n) is 11.3. The quantitative estimate of drug-likeness (QED) is 0.900. The van der Waals surface area contributed by atoms with Crippen molar-refractivity contribution in [3.63, 3.8) is 0 Å². The fraction of sp³-hybridized carbons (Fsp3) is 0.643. The van der Waals surface area contributed by atoms with Gasteiger partial charge in [-0.2, -0.15) is 0 Å². The van der Waals surface area contributed by atoms with Gasteiger partial charge < -0.3 is 15.0 Å². The second-order valence-electron chi connectivity index (χ2n) is 5.61. The highest BCUT2D eigenvalue weighted by atomic mass is 32.1. The highest BCUT2D eigenvalue weighted by Crippen LogP contribution is 2.36. The van der Waals surface area contributed by atoms with Crippen molar-refractivity contribution in [2.24, 2.45) is 5.41 Å². The number of amides is 1. The molecule has 1 aromatic rings. The third-order valence-corrected chi connectivity index (χ3v) is 5.20. The van der Waals surface area contributed by atoms with Crippen molar-refractivity contribution < 1.29 is 9.53 Å². The van der Waals surface area contributed by atoms with E-state index < -0.39 is 0 Å². The van der Waals surface area contributed by atoms with Crippen LogP contribution in [0.25, 0.3) is 0 Å². The largest absolute Gasteiger partial charge is 0.496 e. The summed E-state index contributed by atoms with van der Waals surface area (Å²) < 4.78 is 5.16. The van der Waals surface area contributed by atoms with Crippen molar-refractivity contribution in [1.29, 1.82) is 0 Å². The summed E-state index contributed by atoms with van der Waals surface area (Å²) in [4.78, 5) is 15.4. The van der Waals surface area contributed by atoms with Gasteiger partial charge in [-0.15, -0.1) is 11.3 Å². The number of hydrogen-bond donors (Lipinski definition) is 1. The van der Waals surface area contributed by atoms with Gasteiger partial charge in [0.1, 0.15) is 5.75 Å². The van der Waals surface area contributed by atoms with E-state index in [1.165, 1.54) is 24.2 Å². The van der Waals surface area contributed by atoms with Gasteiger partial charge in [0.05, 0.1) is 12.0 Å². The van der Waals surface area contributed by atoms with Crippen LogP contribution in [0.15, 0.2) is 11.4 Å². The van der Waals surface area contributed by atoms with Gasteiger partial charge >= 0.3 is 0 Å². The van der Waals surface area contributed by atoms with Gasteiger partial charge in [-0.25, -0.2) is 0 Å². The zero-order chi connectivity index (χ0) is 13.3. The maximum Gasteiger partial charge on any atom is 0.264 e. The fourth-order valence-corrected chi connectivity index (χ4v) is 4.04. The number of likely N-dealkylation sites (tertiary alicyclic amines) is 1. The molecule has 2 aliphatic rings. The number of piperidine rings is 1. The lowest BCUT2D eigenvalue weighted by Crippen LogP contribution is -2.46. The summed E-state index contributed by atoms with van der Waals surface area (Å²) in [5, 5.41) is 5.33. The standard InChI is InChI=1S/C14H20N2O2S/c1-18-11-7-12(19-8-11)13(17)16-6-2-3-14(10-16)4-5-15-9-14/h7-8,15H,2-6,9-10H2,1H3. The molecule has 1 unspecified atom stereocenters. The maximum absolute atomic E-state index is 12.5. The van der Waals surface area contributed by atoms with Crippen LogP contribution in [0.3, 0.4) is 0 Å². The van der Waals surface area contributed by atoms with Gasteiger partial charge in [0.15, 0.2) is 0 Å². The SMILES string of the molecule is COc1csc(C(=O)N2CCCC3(CCNC3)C2)c1. The number of rotatable bonds is 2. The predicted molar refractivity (Wildman–Crippen MR) is 75.9 cm³/mol. The highest BCUT2D eigenvalue weighted by Gasteiger charge is 2.39. The Bertz CT molecular complexity index is 466. The van der Waals surface area contributed by atoms with Crippen LogP contribution in [0, 0.1) is 5.41 Å². The zero-order valence-corrected chi connectivity index (χ0v) is 12.1. The molecule has 2 aliphatic heterocycles. The molecular weight excluding hydrogens is 260 g/mol. The fourth-order valence-electron chi connectivity index (χ4n) is 3.22. The Morgan fingerprint density at radius 3 is 3.11 bits per heavy atom. The number of carbonyl (C=O) groups excluding carboxylic acids is 1. The van der Waals surface area contributed by atoms with Crippen molar-refractivity contribution in [3.05, 3.63) is 16.3 Å². The first-order chi connectivity index (χ1) is 9.22. The number of nitrogens with one attached hydrogen (secondary N) is 1. The third-order valence-electron chi connectivity index (χ3n) is 4.30. The lowest BCUT2D eigenvalue weighted by Gasteiger charge is -2.39. The van der Waals surface area contributed by atoms with E-state index in [4.69, 9.17) is 4.74 Å². The summed E-state index contributed by atoms with van der Waals surface area (Å²) in [5.74, 6) is 0.946. The topological polar surface area (TPSA) is 41.6 Å². The molecule has 0 bridgehead atoms. The van der Waals surface area contributed by atoms with E-state index in [1.807, 2.05) is 16.3 Å². The van der Waals surface area contributed by atoms with Gasteiger partial charge in [-0.1, -0.05) is 0 Å². The highest BCUT2D eigenvalue weighted by molar-refractivity contribution is 7.12. The van der Waals surface area contributed by atoms with Crippen LogP contribution in [0.4, 0.5) is 0 Å². The number of thiophene rings is 1. The summed E-state index contributed by atoms with van der Waals surface area (Å²) in [6.07, 6.45) is 3.57. The van der Waals surface area contributed by atoms with E-state index >= 15 is 0 Å². The van der Waals surface area contributed by atoms with Crippen LogP contribution in [-0.4, -0.2) is 44.1 Å². The maximum atomic E-state index is 12.5. The van der Waals surface area contributed by atoms with E-state index in [-0.39, 0.29) is 5.91 Å². The molecule has 1 atom stereocenters. The Balaban J connectivity index is 1.72. The van der Waals surface area contributed by atoms with Gasteiger partial charge in [-0.3, -0.25) is 4.79 Å². The smallest absolute Gasteiger partial charge is 0.264 e. The average molecular weight is 280 g/mol. The van der Waals surface area contributed by atoms with Crippen LogP contribution >= 0.6 is 11.3 Å². The Kier molecular flexibility index (Phi) is 3.50. The summed E-state index contributed by atoms with van der Waals surface area (Å²) >= 11 is 1.48. The first-order valence-corrected chi connectivity index (χ1v) is 7.73. The number of carbonyl (C=O) groups is 1. The molecule has 1 spiro atoms. The molecule has 2 fully saturated rings. The summed E-state index contributed by atoms with van der Waals surface area (Å²) in [7, 11) is 1.64. The van der Waals surface area contributed by atoms with E-state index in [0.29, 0.717) is 5.41 Å². The average Bonchev–Trinajstić information content (AvgIpc) is 3.07. The molecule has 0 radical (unpaired) electrons. The van der Waals surface area contributed by atoms with Crippen molar-refractivity contribution in [3.8, 4) is 5.75 Å². The first-order valence-electron chi connectivity index (χ1n) is 6.85. The van der Waals surface area contributed by atoms with Gasteiger partial charge in [0, 0.05) is 36.5 Å². The minimum atomic E-state index is 0.166. The first kappa shape index (κ1) is 12.9. The molecular formula is C14H20N2O2S. The lowest BCUT2D eigenvalue weighted by molar-refractivity contribution is 0.0558. The van der Waals surface area contributed by atoms with Crippen LogP contribution in [0.5, 0.6) is 5.75 Å². The van der Waals surface area contributed by atoms with Crippen LogP contribution in [0.2, 0.25) is 0 Å². The third kappa shape index (κ3) is 2.49. The molecule has 1 aromatic heterocycles. The molecule has 4 nitrogen and oxygen atoms in total. The Morgan fingerprint density at radius 1 is 1.53 bits per heavy atom. The number of nitrogens with zero attached hydrogens (tertiary/aromatic N) is 1. The molecule has 104 valence electrons. The molecule has 3 rings (SSSR count).